The predicted molar refractivity (Wildman–Crippen MR) is 63.4 cm³/mol. The van der Waals surface area contributed by atoms with Crippen LogP contribution in [0.15, 0.2) is 12.1 Å². The molecule has 0 spiro atoms. The Bertz CT molecular complexity index is 642. The highest BCUT2D eigenvalue weighted by molar-refractivity contribution is 5.90. The standard InChI is InChI=1S/C13H10F2N2/c1-3-7-5-11(16)17-13-10(15)6-9(14)8(4-2)12(7)13/h2,5-6H,3H2,1H3,(H2,16,17). The number of anilines is 1. The number of nitrogens with two attached hydrogens (primary N) is 1. The molecule has 0 unspecified atom stereocenters. The number of rotatable bonds is 1. The first kappa shape index (κ1) is 11.3. The van der Waals surface area contributed by atoms with Gasteiger partial charge in [0.15, 0.2) is 5.82 Å². The fourth-order valence-electron chi connectivity index (χ4n) is 1.86. The van der Waals surface area contributed by atoms with Crippen LogP contribution in [0.1, 0.15) is 18.1 Å². The van der Waals surface area contributed by atoms with Crippen molar-refractivity contribution < 1.29 is 8.78 Å². The molecule has 1 heterocycles. The van der Waals surface area contributed by atoms with Gasteiger partial charge >= 0.3 is 0 Å². The van der Waals surface area contributed by atoms with E-state index < -0.39 is 11.6 Å². The molecule has 0 aliphatic rings. The van der Waals surface area contributed by atoms with E-state index in [1.807, 2.05) is 6.92 Å². The van der Waals surface area contributed by atoms with E-state index in [-0.39, 0.29) is 16.9 Å². The first-order valence-corrected chi connectivity index (χ1v) is 5.12. The quantitative estimate of drug-likeness (QED) is 0.767. The van der Waals surface area contributed by atoms with Crippen molar-refractivity contribution in [3.05, 3.63) is 34.9 Å². The molecule has 0 bridgehead atoms. The van der Waals surface area contributed by atoms with E-state index in [2.05, 4.69) is 10.9 Å². The van der Waals surface area contributed by atoms with Crippen LogP contribution in [0.2, 0.25) is 0 Å². The average Bonchev–Trinajstić information content (AvgIpc) is 2.29. The zero-order chi connectivity index (χ0) is 12.6. The van der Waals surface area contributed by atoms with Crippen molar-refractivity contribution in [2.24, 2.45) is 0 Å². The van der Waals surface area contributed by atoms with E-state index in [0.29, 0.717) is 17.4 Å². The molecule has 2 N–H and O–H groups in total. The number of pyridine rings is 1. The van der Waals surface area contributed by atoms with Gasteiger partial charge in [-0.05, 0) is 18.1 Å². The number of terminal acetylenes is 1. The van der Waals surface area contributed by atoms with Crippen molar-refractivity contribution >= 4 is 16.7 Å². The van der Waals surface area contributed by atoms with Crippen LogP contribution in [0.4, 0.5) is 14.6 Å². The van der Waals surface area contributed by atoms with E-state index in [4.69, 9.17) is 12.2 Å². The monoisotopic (exact) mass is 232 g/mol. The lowest BCUT2D eigenvalue weighted by Gasteiger charge is -2.09. The van der Waals surface area contributed by atoms with Crippen molar-refractivity contribution in [1.29, 1.82) is 0 Å². The summed E-state index contributed by atoms with van der Waals surface area (Å²) >= 11 is 0. The molecule has 0 fully saturated rings. The number of benzene rings is 1. The Labute approximate surface area is 97.5 Å². The first-order chi connectivity index (χ1) is 8.08. The second kappa shape index (κ2) is 4.02. The lowest BCUT2D eigenvalue weighted by Crippen LogP contribution is -2.00. The molecule has 86 valence electrons. The van der Waals surface area contributed by atoms with Gasteiger partial charge in [0.05, 0.1) is 5.56 Å². The van der Waals surface area contributed by atoms with Gasteiger partial charge in [-0.3, -0.25) is 0 Å². The number of nitrogen functional groups attached to an aromatic ring is 1. The minimum Gasteiger partial charge on any atom is -0.384 e. The first-order valence-electron chi connectivity index (χ1n) is 5.12. The molecule has 0 atom stereocenters. The van der Waals surface area contributed by atoms with E-state index in [0.717, 1.165) is 6.07 Å². The minimum atomic E-state index is -0.751. The third-order valence-corrected chi connectivity index (χ3v) is 2.61. The number of aromatic nitrogens is 1. The number of hydrogen-bond donors (Lipinski definition) is 1. The van der Waals surface area contributed by atoms with Crippen LogP contribution in [0.25, 0.3) is 10.9 Å². The van der Waals surface area contributed by atoms with Gasteiger partial charge in [-0.15, -0.1) is 6.42 Å². The smallest absolute Gasteiger partial charge is 0.152 e. The summed E-state index contributed by atoms with van der Waals surface area (Å²) in [6, 6.07) is 2.32. The Morgan fingerprint density at radius 2 is 2.06 bits per heavy atom. The summed E-state index contributed by atoms with van der Waals surface area (Å²) in [7, 11) is 0. The molecule has 0 radical (unpaired) electrons. The molecular weight excluding hydrogens is 222 g/mol. The number of fused-ring (bicyclic) bond motifs is 1. The Balaban J connectivity index is 3.05. The number of nitrogens with zero attached hydrogens (tertiary/aromatic N) is 1. The molecule has 1 aromatic carbocycles. The van der Waals surface area contributed by atoms with Crippen LogP contribution in [0.5, 0.6) is 0 Å². The topological polar surface area (TPSA) is 38.9 Å². The zero-order valence-corrected chi connectivity index (χ0v) is 9.22. The lowest BCUT2D eigenvalue weighted by molar-refractivity contribution is 0.588. The number of hydrogen-bond acceptors (Lipinski definition) is 2. The molecule has 0 aliphatic carbocycles. The summed E-state index contributed by atoms with van der Waals surface area (Å²) in [4.78, 5) is 3.87. The maximum atomic E-state index is 13.6. The summed E-state index contributed by atoms with van der Waals surface area (Å²) in [5.41, 5.74) is 6.33. The summed E-state index contributed by atoms with van der Waals surface area (Å²) < 4.78 is 27.2. The maximum absolute atomic E-state index is 13.6. The number of halogens is 2. The van der Waals surface area contributed by atoms with Gasteiger partial charge in [0.2, 0.25) is 0 Å². The van der Waals surface area contributed by atoms with E-state index in [1.165, 1.54) is 0 Å². The third-order valence-electron chi connectivity index (χ3n) is 2.61. The highest BCUT2D eigenvalue weighted by Gasteiger charge is 2.15. The Hall–Kier alpha value is -2.15. The summed E-state index contributed by atoms with van der Waals surface area (Å²) in [6.07, 6.45) is 5.83. The normalized spacial score (nSPS) is 10.5. The lowest BCUT2D eigenvalue weighted by atomic mass is 10.0. The molecule has 0 saturated heterocycles. The van der Waals surface area contributed by atoms with Crippen LogP contribution in [-0.2, 0) is 6.42 Å². The van der Waals surface area contributed by atoms with E-state index in [9.17, 15) is 8.78 Å². The Morgan fingerprint density at radius 1 is 1.35 bits per heavy atom. The second-order valence-corrected chi connectivity index (χ2v) is 3.64. The van der Waals surface area contributed by atoms with Gasteiger partial charge in [0, 0.05) is 11.5 Å². The SMILES string of the molecule is C#Cc1c(F)cc(F)c2nc(N)cc(CC)c12. The fourth-order valence-corrected chi connectivity index (χ4v) is 1.86. The molecule has 4 heteroatoms. The summed E-state index contributed by atoms with van der Waals surface area (Å²) in [6.45, 7) is 1.86. The molecule has 2 aromatic rings. The van der Waals surface area contributed by atoms with Crippen LogP contribution >= 0.6 is 0 Å². The number of aryl methyl sites for hydroxylation is 1. The average molecular weight is 232 g/mol. The van der Waals surface area contributed by atoms with Gasteiger partial charge in [0.25, 0.3) is 0 Å². The molecule has 1 aromatic heterocycles. The summed E-state index contributed by atoms with van der Waals surface area (Å²) in [5, 5.41) is 0.335. The fraction of sp³-hybridized carbons (Fsp3) is 0.154. The van der Waals surface area contributed by atoms with Gasteiger partial charge in [0.1, 0.15) is 17.2 Å². The third kappa shape index (κ3) is 1.70. The van der Waals surface area contributed by atoms with Crippen molar-refractivity contribution in [3.8, 4) is 12.3 Å². The summed E-state index contributed by atoms with van der Waals surface area (Å²) in [5.74, 6) is 0.932. The largest absolute Gasteiger partial charge is 0.384 e. The predicted octanol–water partition coefficient (Wildman–Crippen LogP) is 2.64. The Kier molecular flexibility index (Phi) is 2.68. The molecule has 2 rings (SSSR count). The minimum absolute atomic E-state index is 0.0243. The van der Waals surface area contributed by atoms with Crippen molar-refractivity contribution in [1.82, 2.24) is 4.98 Å². The molecule has 0 amide bonds. The maximum Gasteiger partial charge on any atom is 0.152 e. The van der Waals surface area contributed by atoms with Crippen molar-refractivity contribution in [2.75, 3.05) is 5.73 Å². The van der Waals surface area contributed by atoms with E-state index in [1.54, 1.807) is 6.07 Å². The molecular formula is C13H10F2N2. The zero-order valence-electron chi connectivity index (χ0n) is 9.22. The van der Waals surface area contributed by atoms with Crippen LogP contribution in [0.3, 0.4) is 0 Å². The highest BCUT2D eigenvalue weighted by atomic mass is 19.1. The van der Waals surface area contributed by atoms with Crippen LogP contribution in [-0.4, -0.2) is 4.98 Å². The van der Waals surface area contributed by atoms with Gasteiger partial charge < -0.3 is 5.73 Å². The van der Waals surface area contributed by atoms with Crippen LogP contribution < -0.4 is 5.73 Å². The van der Waals surface area contributed by atoms with Crippen molar-refractivity contribution in [3.63, 3.8) is 0 Å². The molecule has 17 heavy (non-hydrogen) atoms. The molecule has 2 nitrogen and oxygen atoms in total. The van der Waals surface area contributed by atoms with Gasteiger partial charge in [-0.2, -0.15) is 0 Å². The van der Waals surface area contributed by atoms with Crippen LogP contribution in [0, 0.1) is 24.0 Å². The van der Waals surface area contributed by atoms with Crippen molar-refractivity contribution in [2.45, 2.75) is 13.3 Å². The Morgan fingerprint density at radius 3 is 2.65 bits per heavy atom. The molecule has 0 saturated carbocycles. The van der Waals surface area contributed by atoms with E-state index >= 15 is 0 Å². The molecule has 0 aliphatic heterocycles. The van der Waals surface area contributed by atoms with Gasteiger partial charge in [-0.1, -0.05) is 12.8 Å². The highest BCUT2D eigenvalue weighted by Crippen LogP contribution is 2.27. The second-order valence-electron chi connectivity index (χ2n) is 3.64. The van der Waals surface area contributed by atoms with Gasteiger partial charge in [-0.25, -0.2) is 13.8 Å².